The lowest BCUT2D eigenvalue weighted by Gasteiger charge is -2.33. The van der Waals surface area contributed by atoms with Gasteiger partial charge in [-0.3, -0.25) is 0 Å². The van der Waals surface area contributed by atoms with Gasteiger partial charge in [-0.1, -0.05) is 0 Å². The molecule has 0 aromatic heterocycles. The van der Waals surface area contributed by atoms with E-state index in [1.807, 2.05) is 13.0 Å². The first-order valence-corrected chi connectivity index (χ1v) is 3.87. The lowest BCUT2D eigenvalue weighted by atomic mass is 9.88. The number of hydrogen-bond acceptors (Lipinski definition) is 3. The molecule has 2 unspecified atom stereocenters. The molecular weight excluding hydrogens is 142 g/mol. The zero-order valence-corrected chi connectivity index (χ0v) is 6.71. The van der Waals surface area contributed by atoms with E-state index in [9.17, 15) is 5.11 Å². The van der Waals surface area contributed by atoms with Gasteiger partial charge in [0.15, 0.2) is 0 Å². The van der Waals surface area contributed by atoms with Gasteiger partial charge in [-0.15, -0.1) is 0 Å². The molecule has 0 bridgehead atoms. The number of nitrogens with zero attached hydrogens (tertiary/aromatic N) is 1. The van der Waals surface area contributed by atoms with Gasteiger partial charge in [0.2, 0.25) is 0 Å². The SMILES string of the molecule is CC1CC(O)(CC#N)CCO1. The normalized spacial score (nSPS) is 38.1. The van der Waals surface area contributed by atoms with Crippen LogP contribution in [0, 0.1) is 11.3 Å². The van der Waals surface area contributed by atoms with Crippen LogP contribution in [-0.4, -0.2) is 23.4 Å². The van der Waals surface area contributed by atoms with E-state index in [0.717, 1.165) is 0 Å². The van der Waals surface area contributed by atoms with Gasteiger partial charge in [-0.25, -0.2) is 0 Å². The van der Waals surface area contributed by atoms with Gasteiger partial charge in [0.05, 0.1) is 24.2 Å². The predicted molar refractivity (Wildman–Crippen MR) is 39.8 cm³/mol. The van der Waals surface area contributed by atoms with Crippen LogP contribution in [0.25, 0.3) is 0 Å². The molecule has 2 atom stereocenters. The topological polar surface area (TPSA) is 53.2 Å². The van der Waals surface area contributed by atoms with E-state index >= 15 is 0 Å². The summed E-state index contributed by atoms with van der Waals surface area (Å²) in [5, 5.41) is 18.2. The molecule has 0 aromatic rings. The third-order valence-electron chi connectivity index (χ3n) is 2.05. The molecule has 0 aromatic carbocycles. The first-order chi connectivity index (χ1) is 5.16. The summed E-state index contributed by atoms with van der Waals surface area (Å²) in [5.41, 5.74) is -0.785. The average molecular weight is 155 g/mol. The maximum Gasteiger partial charge on any atom is 0.0823 e. The Labute approximate surface area is 66.6 Å². The summed E-state index contributed by atoms with van der Waals surface area (Å²) >= 11 is 0. The predicted octanol–water partition coefficient (Wildman–Crippen LogP) is 0.830. The Morgan fingerprint density at radius 2 is 2.55 bits per heavy atom. The van der Waals surface area contributed by atoms with Crippen molar-refractivity contribution >= 4 is 0 Å². The number of nitriles is 1. The van der Waals surface area contributed by atoms with E-state index in [1.54, 1.807) is 0 Å². The maximum atomic E-state index is 9.74. The zero-order valence-electron chi connectivity index (χ0n) is 6.71. The molecule has 0 amide bonds. The maximum absolute atomic E-state index is 9.74. The highest BCUT2D eigenvalue weighted by Crippen LogP contribution is 2.27. The molecule has 0 radical (unpaired) electrons. The Balaban J connectivity index is 2.50. The minimum Gasteiger partial charge on any atom is -0.389 e. The smallest absolute Gasteiger partial charge is 0.0823 e. The molecule has 1 aliphatic heterocycles. The third-order valence-corrected chi connectivity index (χ3v) is 2.05. The first-order valence-electron chi connectivity index (χ1n) is 3.87. The Kier molecular flexibility index (Phi) is 2.48. The van der Waals surface area contributed by atoms with Crippen LogP contribution < -0.4 is 0 Å². The van der Waals surface area contributed by atoms with Gasteiger partial charge in [0.25, 0.3) is 0 Å². The van der Waals surface area contributed by atoms with Gasteiger partial charge in [-0.05, 0) is 6.92 Å². The summed E-state index contributed by atoms with van der Waals surface area (Å²) in [6.45, 7) is 2.49. The van der Waals surface area contributed by atoms with Crippen LogP contribution >= 0.6 is 0 Å². The Morgan fingerprint density at radius 1 is 1.82 bits per heavy atom. The van der Waals surface area contributed by atoms with Crippen molar-refractivity contribution in [3.63, 3.8) is 0 Å². The van der Waals surface area contributed by atoms with E-state index in [-0.39, 0.29) is 12.5 Å². The highest BCUT2D eigenvalue weighted by molar-refractivity contribution is 4.92. The molecule has 1 fully saturated rings. The van der Waals surface area contributed by atoms with Gasteiger partial charge in [-0.2, -0.15) is 5.26 Å². The van der Waals surface area contributed by atoms with Crippen molar-refractivity contribution in [1.29, 1.82) is 5.26 Å². The minimum atomic E-state index is -0.785. The van der Waals surface area contributed by atoms with Crippen molar-refractivity contribution in [1.82, 2.24) is 0 Å². The van der Waals surface area contributed by atoms with Crippen LogP contribution in [0.3, 0.4) is 0 Å². The quantitative estimate of drug-likeness (QED) is 0.610. The summed E-state index contributed by atoms with van der Waals surface area (Å²) < 4.78 is 5.25. The fourth-order valence-corrected chi connectivity index (χ4v) is 1.45. The van der Waals surface area contributed by atoms with E-state index in [0.29, 0.717) is 19.4 Å². The molecule has 62 valence electrons. The zero-order chi connectivity index (χ0) is 8.32. The van der Waals surface area contributed by atoms with Gasteiger partial charge in [0.1, 0.15) is 0 Å². The van der Waals surface area contributed by atoms with Crippen LogP contribution in [0.4, 0.5) is 0 Å². The molecule has 1 heterocycles. The van der Waals surface area contributed by atoms with Gasteiger partial charge >= 0.3 is 0 Å². The molecule has 0 spiro atoms. The van der Waals surface area contributed by atoms with Crippen molar-refractivity contribution < 1.29 is 9.84 Å². The van der Waals surface area contributed by atoms with Gasteiger partial charge in [0, 0.05) is 19.4 Å². The number of ether oxygens (including phenoxy) is 1. The number of rotatable bonds is 1. The second kappa shape index (κ2) is 3.21. The number of aliphatic hydroxyl groups is 1. The fourth-order valence-electron chi connectivity index (χ4n) is 1.45. The van der Waals surface area contributed by atoms with E-state index in [1.165, 1.54) is 0 Å². The molecule has 11 heavy (non-hydrogen) atoms. The van der Waals surface area contributed by atoms with Crippen LogP contribution in [-0.2, 0) is 4.74 Å². The van der Waals surface area contributed by atoms with Crippen LogP contribution in [0.2, 0.25) is 0 Å². The molecule has 1 N–H and O–H groups in total. The molecule has 0 aliphatic carbocycles. The lowest BCUT2D eigenvalue weighted by molar-refractivity contribution is -0.0939. The summed E-state index contributed by atoms with van der Waals surface area (Å²) in [4.78, 5) is 0. The van der Waals surface area contributed by atoms with Crippen molar-refractivity contribution in [2.75, 3.05) is 6.61 Å². The molecule has 1 aliphatic rings. The molecule has 3 heteroatoms. The van der Waals surface area contributed by atoms with Crippen LogP contribution in [0.1, 0.15) is 26.2 Å². The highest BCUT2D eigenvalue weighted by Gasteiger charge is 2.32. The third kappa shape index (κ3) is 2.18. The monoisotopic (exact) mass is 155 g/mol. The molecular formula is C8H13NO2. The Morgan fingerprint density at radius 3 is 3.09 bits per heavy atom. The fraction of sp³-hybridized carbons (Fsp3) is 0.875. The molecule has 1 saturated heterocycles. The largest absolute Gasteiger partial charge is 0.389 e. The summed E-state index contributed by atoms with van der Waals surface area (Å²) in [5.74, 6) is 0. The Hall–Kier alpha value is -0.590. The summed E-state index contributed by atoms with van der Waals surface area (Å²) in [6.07, 6.45) is 1.48. The summed E-state index contributed by atoms with van der Waals surface area (Å²) in [7, 11) is 0. The molecule has 1 rings (SSSR count). The highest BCUT2D eigenvalue weighted by atomic mass is 16.5. The standard InChI is InChI=1S/C8H13NO2/c1-7-6-8(10,2-4-9)3-5-11-7/h7,10H,2-3,5-6H2,1H3. The van der Waals surface area contributed by atoms with E-state index < -0.39 is 5.60 Å². The van der Waals surface area contributed by atoms with Crippen molar-refractivity contribution in [3.05, 3.63) is 0 Å². The molecule has 3 nitrogen and oxygen atoms in total. The minimum absolute atomic E-state index is 0.0853. The lowest BCUT2D eigenvalue weighted by Crippen LogP contribution is -2.39. The van der Waals surface area contributed by atoms with Gasteiger partial charge < -0.3 is 9.84 Å². The van der Waals surface area contributed by atoms with Crippen molar-refractivity contribution in [2.45, 2.75) is 37.9 Å². The van der Waals surface area contributed by atoms with Crippen molar-refractivity contribution in [2.24, 2.45) is 0 Å². The molecule has 0 saturated carbocycles. The Bertz CT molecular complexity index is 175. The average Bonchev–Trinajstić information content (AvgIpc) is 1.86. The first kappa shape index (κ1) is 8.51. The van der Waals surface area contributed by atoms with Crippen LogP contribution in [0.5, 0.6) is 0 Å². The second-order valence-corrected chi connectivity index (χ2v) is 3.19. The number of hydrogen-bond donors (Lipinski definition) is 1. The second-order valence-electron chi connectivity index (χ2n) is 3.19. The summed E-state index contributed by atoms with van der Waals surface area (Å²) in [6, 6.07) is 1.99. The van der Waals surface area contributed by atoms with E-state index in [4.69, 9.17) is 10.00 Å². The van der Waals surface area contributed by atoms with Crippen LogP contribution in [0.15, 0.2) is 0 Å². The van der Waals surface area contributed by atoms with E-state index in [2.05, 4.69) is 0 Å². The van der Waals surface area contributed by atoms with Crippen molar-refractivity contribution in [3.8, 4) is 6.07 Å².